The van der Waals surface area contributed by atoms with Crippen LogP contribution in [0.25, 0.3) is 0 Å². The molecule has 1 atom stereocenters. The summed E-state index contributed by atoms with van der Waals surface area (Å²) < 4.78 is 0. The van der Waals surface area contributed by atoms with E-state index in [2.05, 4.69) is 9.24 Å². The summed E-state index contributed by atoms with van der Waals surface area (Å²) in [6.45, 7) is 1.92. The molecule has 0 radical (unpaired) electrons. The molecule has 1 unspecified atom stereocenters. The van der Waals surface area contributed by atoms with Crippen molar-refractivity contribution in [2.45, 2.75) is 0 Å². The zero-order valence-electron chi connectivity index (χ0n) is 7.85. The Hall–Kier alpha value is -0.156. The molecule has 2 rings (SSSR count). The number of hydrogen-bond acceptors (Lipinski definition) is 0. The summed E-state index contributed by atoms with van der Waals surface area (Å²) in [5.74, 6) is 0. The minimum atomic E-state index is 0. The van der Waals surface area contributed by atoms with Gasteiger partial charge < -0.3 is 0 Å². The van der Waals surface area contributed by atoms with Crippen molar-refractivity contribution in [3.63, 3.8) is 0 Å². The summed E-state index contributed by atoms with van der Waals surface area (Å²) >= 11 is 0. The first-order valence-corrected chi connectivity index (χ1v) is 5.07. The van der Waals surface area contributed by atoms with Gasteiger partial charge in [0.2, 0.25) is 0 Å². The fourth-order valence-corrected chi connectivity index (χ4v) is 0.642. The molecule has 2 aromatic carbocycles. The fourth-order valence-electron chi connectivity index (χ4n) is 0.642. The van der Waals surface area contributed by atoms with Crippen molar-refractivity contribution in [3.05, 3.63) is 60.7 Å². The van der Waals surface area contributed by atoms with Crippen molar-refractivity contribution < 1.29 is 21.7 Å². The van der Waals surface area contributed by atoms with Crippen LogP contribution in [0.4, 0.5) is 0 Å². The molecule has 2 aromatic rings. The summed E-state index contributed by atoms with van der Waals surface area (Å²) in [5.41, 5.74) is 0. The molecule has 0 heterocycles. The van der Waals surface area contributed by atoms with E-state index in [1.54, 1.807) is 0 Å². The van der Waals surface area contributed by atoms with Gasteiger partial charge in [0.05, 0.1) is 0 Å². The molecule has 0 N–H and O–H groups in total. The average molecular weight is 226 g/mol. The number of rotatable bonds is 0. The van der Waals surface area contributed by atoms with Crippen molar-refractivity contribution in [3.8, 4) is 0 Å². The Morgan fingerprint density at radius 1 is 0.692 bits per heavy atom. The molecule has 0 nitrogen and oxygen atoms in total. The third-order valence-corrected chi connectivity index (χ3v) is 1.11. The molecule has 0 saturated heterocycles. The van der Waals surface area contributed by atoms with Crippen LogP contribution in [-0.2, 0) is 21.7 Å². The Bertz CT molecular complexity index is 149. The van der Waals surface area contributed by atoms with Crippen LogP contribution in [-0.4, -0.2) is 6.66 Å². The molecule has 68 valence electrons. The molecule has 0 amide bonds. The van der Waals surface area contributed by atoms with E-state index in [0.29, 0.717) is 0 Å². The zero-order valence-corrected chi connectivity index (χ0v) is 10.6. The van der Waals surface area contributed by atoms with Crippen LogP contribution in [0.5, 0.6) is 0 Å². The summed E-state index contributed by atoms with van der Waals surface area (Å²) in [4.78, 5) is 0. The molecule has 0 aliphatic heterocycles. The van der Waals surface area contributed by atoms with Gasteiger partial charge in [-0.15, -0.1) is 9.24 Å². The topological polar surface area (TPSA) is 0 Å². The summed E-state index contributed by atoms with van der Waals surface area (Å²) in [6.07, 6.45) is 0. The Morgan fingerprint density at radius 3 is 1.00 bits per heavy atom. The fraction of sp³-hybridized carbons (Fsp3) is 0.0909. The minimum absolute atomic E-state index is 0. The summed E-state index contributed by atoms with van der Waals surface area (Å²) in [7, 11) is 2.42. The predicted molar refractivity (Wildman–Crippen MR) is 59.7 cm³/mol. The molecule has 2 heteroatoms. The molecule has 13 heavy (non-hydrogen) atoms. The quantitative estimate of drug-likeness (QED) is 0.367. The largest absolute Gasteiger partial charge is 2.00 e. The molecule has 0 aromatic heterocycles. The summed E-state index contributed by atoms with van der Waals surface area (Å²) in [5, 5.41) is 0. The smallest absolute Gasteiger partial charge is 0.214 e. The Labute approximate surface area is 98.2 Å². The zero-order chi connectivity index (χ0) is 9.07. The maximum absolute atomic E-state index is 2.42. The van der Waals surface area contributed by atoms with Gasteiger partial charge in [0.1, 0.15) is 0 Å². The molecule has 0 aliphatic rings. The molecular formula is C11H15PTi. The van der Waals surface area contributed by atoms with Crippen LogP contribution in [0.15, 0.2) is 60.7 Å². The predicted octanol–water partition coefficient (Wildman–Crippen LogP) is 3.30. The van der Waals surface area contributed by atoms with Crippen molar-refractivity contribution in [1.29, 1.82) is 0 Å². The van der Waals surface area contributed by atoms with Gasteiger partial charge in [-0.25, -0.2) is 24.3 Å². The van der Waals surface area contributed by atoms with Crippen molar-refractivity contribution in [1.82, 2.24) is 0 Å². The Balaban J connectivity index is 0. The van der Waals surface area contributed by atoms with Crippen LogP contribution in [0.1, 0.15) is 0 Å². The van der Waals surface area contributed by atoms with Crippen LogP contribution in [0, 0.1) is 0 Å². The molecule has 0 aliphatic carbocycles. The van der Waals surface area contributed by atoms with E-state index >= 15 is 0 Å². The van der Waals surface area contributed by atoms with Crippen LogP contribution in [0.2, 0.25) is 0 Å². The van der Waals surface area contributed by atoms with E-state index in [9.17, 15) is 0 Å². The van der Waals surface area contributed by atoms with E-state index in [-0.39, 0.29) is 21.7 Å². The third kappa shape index (κ3) is 11.8. The second-order valence-electron chi connectivity index (χ2n) is 1.92. The van der Waals surface area contributed by atoms with Gasteiger partial charge >= 0.3 is 21.7 Å². The first kappa shape index (κ1) is 15.3. The van der Waals surface area contributed by atoms with Gasteiger partial charge in [0.25, 0.3) is 0 Å². The van der Waals surface area contributed by atoms with Crippen LogP contribution < -0.4 is 0 Å². The number of hydrogen-bond donors (Lipinski definition) is 0. The van der Waals surface area contributed by atoms with E-state index in [0.717, 1.165) is 0 Å². The van der Waals surface area contributed by atoms with Crippen molar-refractivity contribution in [2.24, 2.45) is 0 Å². The molecular weight excluding hydrogens is 211 g/mol. The normalized spacial score (nSPS) is 6.62. The second-order valence-corrected chi connectivity index (χ2v) is 1.92. The van der Waals surface area contributed by atoms with Crippen LogP contribution in [0.3, 0.4) is 0 Å². The van der Waals surface area contributed by atoms with E-state index in [4.69, 9.17) is 0 Å². The van der Waals surface area contributed by atoms with Gasteiger partial charge in [-0.2, -0.15) is 36.4 Å². The first-order chi connectivity index (χ1) is 6.00. The third-order valence-electron chi connectivity index (χ3n) is 1.11. The molecule has 0 saturated carbocycles. The monoisotopic (exact) mass is 226 g/mol. The molecule has 0 spiro atoms. The van der Waals surface area contributed by atoms with Gasteiger partial charge in [0, 0.05) is 0 Å². The van der Waals surface area contributed by atoms with E-state index in [1.165, 1.54) is 0 Å². The van der Waals surface area contributed by atoms with Crippen LogP contribution >= 0.6 is 9.24 Å². The van der Waals surface area contributed by atoms with Gasteiger partial charge in [-0.3, -0.25) is 0 Å². The standard InChI is InChI=1S/2C5H5.CH5P.Ti/c2*1-2-4-5-3-1;1-2;/h2*1-5H;2H2,1H3;/q2*-1;;+2. The molecule has 0 bridgehead atoms. The maximum atomic E-state index is 2.42. The summed E-state index contributed by atoms with van der Waals surface area (Å²) in [6, 6.07) is 20.0. The van der Waals surface area contributed by atoms with Crippen molar-refractivity contribution in [2.75, 3.05) is 6.66 Å². The second kappa shape index (κ2) is 14.4. The maximum Gasteiger partial charge on any atom is 2.00 e. The van der Waals surface area contributed by atoms with E-state index < -0.39 is 0 Å². The SMILES string of the molecule is CP.[Ti+2].c1cc[cH-]c1.c1cc[cH-]c1. The Kier molecular flexibility index (Phi) is 16.9. The minimum Gasteiger partial charge on any atom is -0.214 e. The Morgan fingerprint density at radius 2 is 0.923 bits per heavy atom. The van der Waals surface area contributed by atoms with Gasteiger partial charge in [0.15, 0.2) is 0 Å². The first-order valence-electron chi connectivity index (χ1n) is 3.91. The molecule has 0 fully saturated rings. The average Bonchev–Trinajstić information content (AvgIpc) is 2.87. The van der Waals surface area contributed by atoms with Gasteiger partial charge in [-0.05, 0) is 0 Å². The van der Waals surface area contributed by atoms with Crippen molar-refractivity contribution >= 4 is 9.24 Å². The van der Waals surface area contributed by atoms with E-state index in [1.807, 2.05) is 67.3 Å². The van der Waals surface area contributed by atoms with Gasteiger partial charge in [-0.1, -0.05) is 6.66 Å².